The molecular weight excluding hydrogens is 444 g/mol. The van der Waals surface area contributed by atoms with Crippen LogP contribution in [0.5, 0.6) is 0 Å². The van der Waals surface area contributed by atoms with E-state index in [0.29, 0.717) is 37.5 Å². The predicted molar refractivity (Wildman–Crippen MR) is 123 cm³/mol. The Kier molecular flexibility index (Phi) is 7.66. The zero-order valence-electron chi connectivity index (χ0n) is 18.6. The minimum absolute atomic E-state index is 0.0433. The Hall–Kier alpha value is -3.14. The molecule has 0 bridgehead atoms. The Balaban J connectivity index is 1.38. The molecule has 1 fully saturated rings. The average molecular weight is 468 g/mol. The molecule has 0 unspecified atom stereocenters. The van der Waals surface area contributed by atoms with Crippen LogP contribution in [0.4, 0.5) is 17.6 Å². The van der Waals surface area contributed by atoms with Gasteiger partial charge >= 0.3 is 0 Å². The largest absolute Gasteiger partial charge is 0.352 e. The van der Waals surface area contributed by atoms with E-state index in [-0.39, 0.29) is 22.6 Å². The van der Waals surface area contributed by atoms with E-state index in [2.05, 4.69) is 18.4 Å². The number of rotatable bonds is 6. The third kappa shape index (κ3) is 5.67. The predicted octanol–water partition coefficient (Wildman–Crippen LogP) is 6.68. The van der Waals surface area contributed by atoms with Gasteiger partial charge in [-0.15, -0.1) is 6.58 Å². The molecule has 34 heavy (non-hydrogen) atoms. The summed E-state index contributed by atoms with van der Waals surface area (Å²) in [6.45, 7) is 5.04. The maximum atomic E-state index is 14.6. The molecule has 1 heterocycles. The topological polar surface area (TPSA) is 18.5 Å². The van der Waals surface area contributed by atoms with Crippen molar-refractivity contribution >= 4 is 10.8 Å². The second kappa shape index (κ2) is 10.9. The minimum atomic E-state index is -1.51. The molecule has 0 aliphatic carbocycles. The Bertz CT molecular complexity index is 1250. The van der Waals surface area contributed by atoms with E-state index in [1.165, 1.54) is 24.3 Å². The number of allylic oxidation sites excluding steroid dienone is 1. The van der Waals surface area contributed by atoms with Gasteiger partial charge in [-0.1, -0.05) is 30.0 Å². The number of halogens is 4. The molecular formula is C28H24F4O2. The van der Waals surface area contributed by atoms with Gasteiger partial charge in [0, 0.05) is 23.3 Å². The van der Waals surface area contributed by atoms with Gasteiger partial charge in [0.2, 0.25) is 0 Å². The Morgan fingerprint density at radius 1 is 0.882 bits per heavy atom. The van der Waals surface area contributed by atoms with Crippen LogP contribution in [0.3, 0.4) is 0 Å². The SMILES string of the molecule is C=CCCC1COC(CCc2ccc(C#Cc3ccc4c(F)c(F)c(F)cc4c3)c(F)c2)OC1. The average Bonchev–Trinajstić information content (AvgIpc) is 2.84. The molecule has 0 spiro atoms. The molecule has 0 N–H and O–H groups in total. The number of hydrogen-bond acceptors (Lipinski definition) is 2. The van der Waals surface area contributed by atoms with Crippen molar-refractivity contribution in [2.24, 2.45) is 5.92 Å². The fourth-order valence-corrected chi connectivity index (χ4v) is 3.89. The first-order chi connectivity index (χ1) is 16.4. The van der Waals surface area contributed by atoms with Crippen molar-refractivity contribution in [2.45, 2.75) is 32.0 Å². The van der Waals surface area contributed by atoms with Crippen LogP contribution in [0.15, 0.2) is 55.1 Å². The number of hydrogen-bond donors (Lipinski definition) is 0. The molecule has 0 aromatic heterocycles. The smallest absolute Gasteiger partial charge is 0.195 e. The molecule has 3 aromatic rings. The summed E-state index contributed by atoms with van der Waals surface area (Å²) in [5, 5.41) is 0.136. The van der Waals surface area contributed by atoms with E-state index in [4.69, 9.17) is 9.47 Å². The summed E-state index contributed by atoms with van der Waals surface area (Å²) in [4.78, 5) is 0. The Morgan fingerprint density at radius 2 is 1.68 bits per heavy atom. The summed E-state index contributed by atoms with van der Waals surface area (Å²) < 4.78 is 66.9. The maximum absolute atomic E-state index is 14.6. The third-order valence-electron chi connectivity index (χ3n) is 5.83. The second-order valence-corrected chi connectivity index (χ2v) is 8.35. The maximum Gasteiger partial charge on any atom is 0.195 e. The first-order valence-electron chi connectivity index (χ1n) is 11.2. The molecule has 2 nitrogen and oxygen atoms in total. The van der Waals surface area contributed by atoms with Crippen LogP contribution in [0.25, 0.3) is 10.8 Å². The number of aryl methyl sites for hydroxylation is 1. The monoisotopic (exact) mass is 468 g/mol. The lowest BCUT2D eigenvalue weighted by Gasteiger charge is -2.29. The summed E-state index contributed by atoms with van der Waals surface area (Å²) in [5.41, 5.74) is 1.44. The highest BCUT2D eigenvalue weighted by Crippen LogP contribution is 2.24. The van der Waals surface area contributed by atoms with E-state index in [0.717, 1.165) is 24.5 Å². The van der Waals surface area contributed by atoms with Gasteiger partial charge in [0.05, 0.1) is 18.8 Å². The van der Waals surface area contributed by atoms with Gasteiger partial charge in [0.25, 0.3) is 0 Å². The molecule has 6 heteroatoms. The molecule has 4 rings (SSSR count). The molecule has 0 atom stereocenters. The van der Waals surface area contributed by atoms with Crippen molar-refractivity contribution in [3.05, 3.63) is 95.1 Å². The molecule has 0 amide bonds. The molecule has 1 aliphatic rings. The first kappa shape index (κ1) is 24.0. The van der Waals surface area contributed by atoms with Crippen LogP contribution in [-0.2, 0) is 15.9 Å². The van der Waals surface area contributed by atoms with Gasteiger partial charge in [-0.05, 0) is 60.5 Å². The third-order valence-corrected chi connectivity index (χ3v) is 5.83. The van der Waals surface area contributed by atoms with Crippen LogP contribution in [-0.4, -0.2) is 19.5 Å². The van der Waals surface area contributed by atoms with E-state index in [1.54, 1.807) is 12.1 Å². The van der Waals surface area contributed by atoms with Crippen LogP contribution >= 0.6 is 0 Å². The van der Waals surface area contributed by atoms with E-state index in [9.17, 15) is 17.6 Å². The molecule has 1 saturated heterocycles. The number of benzene rings is 3. The molecule has 1 aliphatic heterocycles. The lowest BCUT2D eigenvalue weighted by molar-refractivity contribution is -0.203. The van der Waals surface area contributed by atoms with Crippen molar-refractivity contribution in [2.75, 3.05) is 13.2 Å². The van der Waals surface area contributed by atoms with Crippen LogP contribution in [0, 0.1) is 41.0 Å². The fourth-order valence-electron chi connectivity index (χ4n) is 3.89. The van der Waals surface area contributed by atoms with Gasteiger partial charge in [-0.3, -0.25) is 0 Å². The number of fused-ring (bicyclic) bond motifs is 1. The van der Waals surface area contributed by atoms with E-state index < -0.39 is 23.3 Å². The summed E-state index contributed by atoms with van der Waals surface area (Å²) in [6, 6.07) is 10.00. The summed E-state index contributed by atoms with van der Waals surface area (Å²) in [6.07, 6.45) is 4.76. The molecule has 0 radical (unpaired) electrons. The van der Waals surface area contributed by atoms with Crippen LogP contribution < -0.4 is 0 Å². The summed E-state index contributed by atoms with van der Waals surface area (Å²) in [5.74, 6) is 1.44. The van der Waals surface area contributed by atoms with Crippen molar-refractivity contribution in [3.63, 3.8) is 0 Å². The lowest BCUT2D eigenvalue weighted by Crippen LogP contribution is -2.32. The highest BCUT2D eigenvalue weighted by molar-refractivity contribution is 5.84. The van der Waals surface area contributed by atoms with Crippen molar-refractivity contribution in [1.82, 2.24) is 0 Å². The Morgan fingerprint density at radius 3 is 2.41 bits per heavy atom. The summed E-state index contributed by atoms with van der Waals surface area (Å²) in [7, 11) is 0. The first-order valence-corrected chi connectivity index (χ1v) is 11.2. The standard InChI is InChI=1S/C28H24F4O2/c1-2-3-4-20-16-33-26(34-17-20)12-8-19-6-10-21(24(29)14-19)9-5-18-7-11-23-22(13-18)15-25(30)28(32)27(23)31/h2,6-7,10-11,13-15,20,26H,1,3-4,8,12,16-17H2. The normalized spacial score (nSPS) is 17.9. The molecule has 176 valence electrons. The van der Waals surface area contributed by atoms with Gasteiger partial charge in [-0.2, -0.15) is 0 Å². The highest BCUT2D eigenvalue weighted by Gasteiger charge is 2.21. The number of ether oxygens (including phenoxy) is 2. The quantitative estimate of drug-likeness (QED) is 0.174. The van der Waals surface area contributed by atoms with Crippen molar-refractivity contribution in [1.29, 1.82) is 0 Å². The fraction of sp³-hybridized carbons (Fsp3) is 0.286. The van der Waals surface area contributed by atoms with Gasteiger partial charge < -0.3 is 9.47 Å². The van der Waals surface area contributed by atoms with Gasteiger partial charge in [0.1, 0.15) is 5.82 Å². The minimum Gasteiger partial charge on any atom is -0.352 e. The molecule has 3 aromatic carbocycles. The van der Waals surface area contributed by atoms with E-state index >= 15 is 0 Å². The van der Waals surface area contributed by atoms with Crippen molar-refractivity contribution in [3.8, 4) is 11.8 Å². The zero-order valence-corrected chi connectivity index (χ0v) is 18.6. The van der Waals surface area contributed by atoms with Crippen molar-refractivity contribution < 1.29 is 27.0 Å². The molecule has 0 saturated carbocycles. The van der Waals surface area contributed by atoms with Crippen LogP contribution in [0.2, 0.25) is 0 Å². The zero-order chi connectivity index (χ0) is 24.1. The Labute approximate surface area is 196 Å². The van der Waals surface area contributed by atoms with E-state index in [1.807, 2.05) is 6.08 Å². The van der Waals surface area contributed by atoms with Gasteiger partial charge in [-0.25, -0.2) is 17.6 Å². The van der Waals surface area contributed by atoms with Crippen LogP contribution in [0.1, 0.15) is 36.0 Å². The summed E-state index contributed by atoms with van der Waals surface area (Å²) >= 11 is 0. The second-order valence-electron chi connectivity index (χ2n) is 8.35. The highest BCUT2D eigenvalue weighted by atomic mass is 19.2. The van der Waals surface area contributed by atoms with Gasteiger partial charge in [0.15, 0.2) is 23.7 Å². The lowest BCUT2D eigenvalue weighted by atomic mass is 10.0.